The van der Waals surface area contributed by atoms with Crippen LogP contribution in [0.4, 0.5) is 0 Å². The summed E-state index contributed by atoms with van der Waals surface area (Å²) in [5.74, 6) is 1.51. The molecule has 108 valence electrons. The molecule has 1 aromatic carbocycles. The van der Waals surface area contributed by atoms with E-state index in [2.05, 4.69) is 48.1 Å². The van der Waals surface area contributed by atoms with Gasteiger partial charge in [0.25, 0.3) is 0 Å². The highest BCUT2D eigenvalue weighted by Crippen LogP contribution is 2.27. The lowest BCUT2D eigenvalue weighted by Gasteiger charge is -2.15. The van der Waals surface area contributed by atoms with Crippen molar-refractivity contribution < 1.29 is 4.74 Å². The fourth-order valence-corrected chi connectivity index (χ4v) is 2.99. The van der Waals surface area contributed by atoms with Gasteiger partial charge in [-0.25, -0.2) is 0 Å². The van der Waals surface area contributed by atoms with Gasteiger partial charge in [-0.1, -0.05) is 13.8 Å². The van der Waals surface area contributed by atoms with Crippen LogP contribution in [0.5, 0.6) is 5.75 Å². The second kappa shape index (κ2) is 5.88. The van der Waals surface area contributed by atoms with E-state index in [1.165, 1.54) is 42.4 Å². The van der Waals surface area contributed by atoms with Crippen molar-refractivity contribution in [1.29, 1.82) is 0 Å². The first-order valence-corrected chi connectivity index (χ1v) is 7.70. The minimum atomic E-state index is 0.547. The zero-order valence-corrected chi connectivity index (χ0v) is 12.5. The van der Waals surface area contributed by atoms with E-state index in [0.29, 0.717) is 5.92 Å². The highest BCUT2D eigenvalue weighted by molar-refractivity contribution is 5.84. The molecule has 1 fully saturated rings. The molecule has 0 unspecified atom stereocenters. The molecule has 3 nitrogen and oxygen atoms in total. The van der Waals surface area contributed by atoms with E-state index < -0.39 is 0 Å². The summed E-state index contributed by atoms with van der Waals surface area (Å²) in [4.78, 5) is 5.83. The van der Waals surface area contributed by atoms with Gasteiger partial charge in [0.1, 0.15) is 12.4 Å². The topological polar surface area (TPSA) is 28.3 Å². The molecule has 0 spiro atoms. The molecule has 0 bridgehead atoms. The molecular weight excluding hydrogens is 248 g/mol. The highest BCUT2D eigenvalue weighted by Gasteiger charge is 2.11. The van der Waals surface area contributed by atoms with Crippen molar-refractivity contribution in [2.45, 2.75) is 32.6 Å². The normalized spacial score (nSPS) is 16.4. The predicted octanol–water partition coefficient (Wildman–Crippen LogP) is 3.77. The Morgan fingerprint density at radius 2 is 2.05 bits per heavy atom. The Balaban J connectivity index is 1.63. The molecule has 1 N–H and O–H groups in total. The van der Waals surface area contributed by atoms with Crippen molar-refractivity contribution in [2.24, 2.45) is 0 Å². The van der Waals surface area contributed by atoms with Gasteiger partial charge in [0.15, 0.2) is 0 Å². The smallest absolute Gasteiger partial charge is 0.121 e. The number of ether oxygens (including phenoxy) is 1. The van der Waals surface area contributed by atoms with Gasteiger partial charge in [0, 0.05) is 29.7 Å². The maximum Gasteiger partial charge on any atom is 0.121 e. The van der Waals surface area contributed by atoms with Crippen LogP contribution in [0.3, 0.4) is 0 Å². The van der Waals surface area contributed by atoms with Gasteiger partial charge >= 0.3 is 0 Å². The third-order valence-electron chi connectivity index (χ3n) is 4.18. The van der Waals surface area contributed by atoms with Crippen LogP contribution in [0.15, 0.2) is 24.4 Å². The number of nitrogens with zero attached hydrogens (tertiary/aromatic N) is 1. The quantitative estimate of drug-likeness (QED) is 0.897. The second-order valence-electron chi connectivity index (χ2n) is 6.00. The molecule has 2 heterocycles. The molecule has 3 heteroatoms. The molecule has 20 heavy (non-hydrogen) atoms. The van der Waals surface area contributed by atoms with Crippen LogP contribution < -0.4 is 4.74 Å². The first kappa shape index (κ1) is 13.5. The minimum Gasteiger partial charge on any atom is -0.492 e. The molecule has 0 radical (unpaired) electrons. The zero-order chi connectivity index (χ0) is 13.9. The van der Waals surface area contributed by atoms with Gasteiger partial charge in [-0.05, 0) is 49.5 Å². The number of aromatic nitrogens is 1. The van der Waals surface area contributed by atoms with Crippen molar-refractivity contribution in [3.05, 3.63) is 30.0 Å². The Labute approximate surface area is 120 Å². The van der Waals surface area contributed by atoms with E-state index in [0.717, 1.165) is 18.9 Å². The van der Waals surface area contributed by atoms with Crippen LogP contribution in [-0.4, -0.2) is 36.1 Å². The molecule has 1 saturated heterocycles. The number of rotatable bonds is 5. The van der Waals surface area contributed by atoms with Gasteiger partial charge in [-0.2, -0.15) is 0 Å². The van der Waals surface area contributed by atoms with E-state index in [-0.39, 0.29) is 0 Å². The Morgan fingerprint density at radius 1 is 1.25 bits per heavy atom. The van der Waals surface area contributed by atoms with E-state index in [9.17, 15) is 0 Å². The van der Waals surface area contributed by atoms with Gasteiger partial charge < -0.3 is 9.72 Å². The van der Waals surface area contributed by atoms with Gasteiger partial charge in [0.05, 0.1) is 0 Å². The standard InChI is InChI=1S/C17H24N2O/c1-13(2)16-12-18-17-11-14(5-6-15(16)17)20-10-9-19-7-3-4-8-19/h5-6,11-13,18H,3-4,7-10H2,1-2H3. The molecule has 0 aliphatic carbocycles. The molecule has 1 aliphatic heterocycles. The van der Waals surface area contributed by atoms with Crippen molar-refractivity contribution >= 4 is 10.9 Å². The third-order valence-corrected chi connectivity index (χ3v) is 4.18. The van der Waals surface area contributed by atoms with Crippen molar-refractivity contribution in [3.8, 4) is 5.75 Å². The maximum atomic E-state index is 5.88. The fraction of sp³-hybridized carbons (Fsp3) is 0.529. The van der Waals surface area contributed by atoms with Crippen LogP contribution in [0.2, 0.25) is 0 Å². The van der Waals surface area contributed by atoms with Crippen LogP contribution >= 0.6 is 0 Å². The number of fused-ring (bicyclic) bond motifs is 1. The van der Waals surface area contributed by atoms with E-state index in [1.54, 1.807) is 0 Å². The average Bonchev–Trinajstić information content (AvgIpc) is 3.06. The van der Waals surface area contributed by atoms with Gasteiger partial charge in [-0.3, -0.25) is 4.90 Å². The monoisotopic (exact) mass is 272 g/mol. The van der Waals surface area contributed by atoms with Crippen LogP contribution in [-0.2, 0) is 0 Å². The lowest BCUT2D eigenvalue weighted by Crippen LogP contribution is -2.25. The van der Waals surface area contributed by atoms with Crippen LogP contribution in [0.25, 0.3) is 10.9 Å². The van der Waals surface area contributed by atoms with Crippen LogP contribution in [0.1, 0.15) is 38.2 Å². The van der Waals surface area contributed by atoms with E-state index in [4.69, 9.17) is 4.74 Å². The summed E-state index contributed by atoms with van der Waals surface area (Å²) in [5.41, 5.74) is 2.55. The summed E-state index contributed by atoms with van der Waals surface area (Å²) in [6.45, 7) is 8.74. The number of nitrogens with one attached hydrogen (secondary N) is 1. The Bertz CT molecular complexity index is 567. The summed E-state index contributed by atoms with van der Waals surface area (Å²) in [7, 11) is 0. The second-order valence-corrected chi connectivity index (χ2v) is 6.00. The predicted molar refractivity (Wildman–Crippen MR) is 83.6 cm³/mol. The summed E-state index contributed by atoms with van der Waals surface area (Å²) in [6, 6.07) is 6.38. The number of hydrogen-bond donors (Lipinski definition) is 1. The number of aromatic amines is 1. The molecule has 2 aromatic rings. The Hall–Kier alpha value is -1.48. The molecule has 1 aliphatic rings. The number of benzene rings is 1. The minimum absolute atomic E-state index is 0.547. The van der Waals surface area contributed by atoms with Crippen molar-refractivity contribution in [3.63, 3.8) is 0 Å². The summed E-state index contributed by atoms with van der Waals surface area (Å²) in [6.07, 6.45) is 4.79. The molecular formula is C17H24N2O. The van der Waals surface area contributed by atoms with Gasteiger partial charge in [0.2, 0.25) is 0 Å². The summed E-state index contributed by atoms with van der Waals surface area (Å²) in [5, 5.41) is 1.31. The molecule has 3 rings (SSSR count). The lowest BCUT2D eigenvalue weighted by molar-refractivity contribution is 0.238. The first-order chi connectivity index (χ1) is 9.74. The highest BCUT2D eigenvalue weighted by atomic mass is 16.5. The Kier molecular flexibility index (Phi) is 3.97. The largest absolute Gasteiger partial charge is 0.492 e. The maximum absolute atomic E-state index is 5.88. The van der Waals surface area contributed by atoms with Crippen molar-refractivity contribution in [2.75, 3.05) is 26.2 Å². The van der Waals surface area contributed by atoms with Crippen molar-refractivity contribution in [1.82, 2.24) is 9.88 Å². The summed E-state index contributed by atoms with van der Waals surface area (Å²) < 4.78 is 5.88. The summed E-state index contributed by atoms with van der Waals surface area (Å²) >= 11 is 0. The van der Waals surface area contributed by atoms with Crippen LogP contribution in [0, 0.1) is 0 Å². The van der Waals surface area contributed by atoms with Gasteiger partial charge in [-0.15, -0.1) is 0 Å². The molecule has 0 atom stereocenters. The first-order valence-electron chi connectivity index (χ1n) is 7.70. The molecule has 0 amide bonds. The SMILES string of the molecule is CC(C)c1c[nH]c2cc(OCCN3CCCC3)ccc12. The fourth-order valence-electron chi connectivity index (χ4n) is 2.99. The Morgan fingerprint density at radius 3 is 2.80 bits per heavy atom. The van der Waals surface area contributed by atoms with E-state index in [1.807, 2.05) is 0 Å². The number of likely N-dealkylation sites (tertiary alicyclic amines) is 1. The number of H-pyrrole nitrogens is 1. The van der Waals surface area contributed by atoms with E-state index >= 15 is 0 Å². The molecule has 1 aromatic heterocycles. The third kappa shape index (κ3) is 2.83. The number of hydrogen-bond acceptors (Lipinski definition) is 2. The molecule has 0 saturated carbocycles. The zero-order valence-electron chi connectivity index (χ0n) is 12.5. The average molecular weight is 272 g/mol. The lowest BCUT2D eigenvalue weighted by atomic mass is 10.0.